The number of thiocarbonyl (C=S) groups is 2. The molecule has 0 aromatic carbocycles. The Morgan fingerprint density at radius 1 is 1.38 bits per heavy atom. The minimum atomic E-state index is 0.184. The summed E-state index contributed by atoms with van der Waals surface area (Å²) in [5, 5.41) is 25.9. The lowest BCUT2D eigenvalue weighted by atomic mass is 10.2. The van der Waals surface area contributed by atoms with Crippen molar-refractivity contribution >= 4 is 51.9 Å². The van der Waals surface area contributed by atoms with E-state index in [1.807, 2.05) is 13.1 Å². The van der Waals surface area contributed by atoms with Gasteiger partial charge in [0.1, 0.15) is 11.8 Å². The van der Waals surface area contributed by atoms with Crippen LogP contribution in [0.2, 0.25) is 0 Å². The van der Waals surface area contributed by atoms with Gasteiger partial charge in [-0.1, -0.05) is 35.8 Å². The van der Waals surface area contributed by atoms with E-state index in [0.29, 0.717) is 18.8 Å². The first-order chi connectivity index (χ1) is 11.4. The summed E-state index contributed by atoms with van der Waals surface area (Å²) in [6.45, 7) is 4.82. The Bertz CT molecular complexity index is 707. The summed E-state index contributed by atoms with van der Waals surface area (Å²) in [5.74, 6) is 1.37. The van der Waals surface area contributed by atoms with Crippen LogP contribution in [0.3, 0.4) is 0 Å². The monoisotopic (exact) mass is 382 g/mol. The summed E-state index contributed by atoms with van der Waals surface area (Å²) >= 11 is 9.06. The van der Waals surface area contributed by atoms with Crippen LogP contribution < -0.4 is 15.3 Å². The molecule has 0 bridgehead atoms. The highest BCUT2D eigenvalue weighted by Crippen LogP contribution is 2.13. The van der Waals surface area contributed by atoms with Crippen LogP contribution in [0, 0.1) is 13.8 Å². The SMILES string of the molecule is Cc1nc(N)c(C[n+]2csc(CCO)c2C)c[nH+]1.[N-]=C=S.[N-]=C=S. The lowest BCUT2D eigenvalue weighted by Crippen LogP contribution is -2.36. The second-order valence-corrected chi connectivity index (χ2v) is 5.72. The van der Waals surface area contributed by atoms with Crippen LogP contribution in [0.1, 0.15) is 22.0 Å². The Kier molecular flexibility index (Phi) is 11.5. The number of aromatic amines is 1. The smallest absolute Gasteiger partial charge is 0.295 e. The summed E-state index contributed by atoms with van der Waals surface area (Å²) < 4.78 is 2.13. The molecule has 2 aromatic rings. The van der Waals surface area contributed by atoms with Crippen molar-refractivity contribution in [3.05, 3.63) is 44.5 Å². The summed E-state index contributed by atoms with van der Waals surface area (Å²) in [6, 6.07) is 0. The third kappa shape index (κ3) is 7.56. The Morgan fingerprint density at radius 3 is 2.46 bits per heavy atom. The molecule has 0 amide bonds. The van der Waals surface area contributed by atoms with Crippen molar-refractivity contribution in [1.29, 1.82) is 0 Å². The summed E-state index contributed by atoms with van der Waals surface area (Å²) in [4.78, 5) is 8.49. The van der Waals surface area contributed by atoms with E-state index < -0.39 is 0 Å². The van der Waals surface area contributed by atoms with Crippen LogP contribution in [0.15, 0.2) is 11.7 Å². The van der Waals surface area contributed by atoms with Crippen molar-refractivity contribution in [3.8, 4) is 0 Å². The van der Waals surface area contributed by atoms with Crippen molar-refractivity contribution in [2.24, 2.45) is 0 Å². The fraction of sp³-hybridized carbons (Fsp3) is 0.357. The Labute approximate surface area is 155 Å². The summed E-state index contributed by atoms with van der Waals surface area (Å²) in [7, 11) is 0. The fourth-order valence-electron chi connectivity index (χ4n) is 1.81. The van der Waals surface area contributed by atoms with Crippen molar-refractivity contribution in [3.63, 3.8) is 0 Å². The minimum Gasteiger partial charge on any atom is -0.753 e. The number of nitrogens with one attached hydrogen (secondary N) is 1. The van der Waals surface area contributed by atoms with Crippen LogP contribution in [0.25, 0.3) is 10.8 Å². The predicted molar refractivity (Wildman–Crippen MR) is 101 cm³/mol. The molecular weight excluding hydrogens is 364 g/mol. The molecule has 2 aromatic heterocycles. The van der Waals surface area contributed by atoms with Gasteiger partial charge in [-0.25, -0.2) is 4.98 Å². The van der Waals surface area contributed by atoms with E-state index in [9.17, 15) is 0 Å². The molecule has 2 rings (SSSR count). The number of nitrogens with zero attached hydrogens (tertiary/aromatic N) is 4. The molecule has 128 valence electrons. The van der Waals surface area contributed by atoms with E-state index in [1.54, 1.807) is 11.3 Å². The van der Waals surface area contributed by atoms with Gasteiger partial charge in [0.15, 0.2) is 12.2 Å². The molecule has 0 saturated heterocycles. The number of rotatable bonds is 4. The number of H-pyrrole nitrogens is 1. The second-order valence-electron chi connectivity index (χ2n) is 4.41. The van der Waals surface area contributed by atoms with Crippen LogP contribution in [0.5, 0.6) is 0 Å². The van der Waals surface area contributed by atoms with Crippen molar-refractivity contribution in [1.82, 2.24) is 4.98 Å². The number of nitrogen functional groups attached to an aromatic ring is 1. The van der Waals surface area contributed by atoms with Gasteiger partial charge in [-0.15, -0.1) is 0 Å². The number of aryl methyl sites for hydroxylation is 1. The summed E-state index contributed by atoms with van der Waals surface area (Å²) in [5.41, 5.74) is 10.1. The fourth-order valence-corrected chi connectivity index (χ4v) is 2.79. The maximum atomic E-state index is 8.98. The van der Waals surface area contributed by atoms with Crippen molar-refractivity contribution in [2.45, 2.75) is 26.8 Å². The van der Waals surface area contributed by atoms with Gasteiger partial charge in [0, 0.05) is 26.9 Å². The van der Waals surface area contributed by atoms with Gasteiger partial charge in [-0.05, 0) is 4.98 Å². The van der Waals surface area contributed by atoms with Gasteiger partial charge in [-0.3, -0.25) is 0 Å². The first-order valence-electron chi connectivity index (χ1n) is 6.68. The first-order valence-corrected chi connectivity index (χ1v) is 8.38. The number of aliphatic hydroxyl groups is 1. The zero-order valence-electron chi connectivity index (χ0n) is 13.3. The molecule has 0 fully saturated rings. The van der Waals surface area contributed by atoms with E-state index in [-0.39, 0.29) is 6.61 Å². The zero-order valence-corrected chi connectivity index (χ0v) is 15.8. The average Bonchev–Trinajstić information content (AvgIpc) is 2.85. The highest BCUT2D eigenvalue weighted by atomic mass is 32.1. The Morgan fingerprint density at radius 2 is 1.96 bits per heavy atom. The number of hydrogen-bond donors (Lipinski definition) is 2. The normalized spacial score (nSPS) is 8.79. The third-order valence-electron chi connectivity index (χ3n) is 2.91. The molecule has 10 heteroatoms. The minimum absolute atomic E-state index is 0.184. The maximum absolute atomic E-state index is 8.98. The zero-order chi connectivity index (χ0) is 18.5. The van der Waals surface area contributed by atoms with Crippen LogP contribution in [0.4, 0.5) is 5.82 Å². The summed E-state index contributed by atoms with van der Waals surface area (Å²) in [6.07, 6.45) is 2.60. The van der Waals surface area contributed by atoms with Crippen LogP contribution in [-0.2, 0) is 13.0 Å². The lowest BCUT2D eigenvalue weighted by molar-refractivity contribution is -0.690. The number of aliphatic hydroxyl groups excluding tert-OH is 1. The molecule has 0 spiro atoms. The number of hydrogen-bond acceptors (Lipinski definition) is 6. The molecule has 0 saturated carbocycles. The van der Waals surface area contributed by atoms with Crippen LogP contribution >= 0.6 is 35.8 Å². The van der Waals surface area contributed by atoms with Crippen molar-refractivity contribution < 1.29 is 14.7 Å². The molecule has 0 radical (unpaired) electrons. The number of aromatic nitrogens is 3. The van der Waals surface area contributed by atoms with E-state index >= 15 is 0 Å². The third-order valence-corrected chi connectivity index (χ3v) is 4.05. The molecule has 24 heavy (non-hydrogen) atoms. The van der Waals surface area contributed by atoms with Crippen LogP contribution in [-0.4, -0.2) is 27.0 Å². The van der Waals surface area contributed by atoms with Gasteiger partial charge in [0.2, 0.25) is 5.51 Å². The molecule has 0 unspecified atom stereocenters. The maximum Gasteiger partial charge on any atom is 0.295 e. The quantitative estimate of drug-likeness (QED) is 0.469. The van der Waals surface area contributed by atoms with Gasteiger partial charge in [-0.2, -0.15) is 14.9 Å². The van der Waals surface area contributed by atoms with Gasteiger partial charge < -0.3 is 21.7 Å². The second kappa shape index (κ2) is 12.5. The Balaban J connectivity index is 0.000000772. The van der Waals surface area contributed by atoms with Gasteiger partial charge >= 0.3 is 0 Å². The lowest BCUT2D eigenvalue weighted by Gasteiger charge is -1.97. The molecule has 7 nitrogen and oxygen atoms in total. The van der Waals surface area contributed by atoms with E-state index in [2.05, 4.69) is 51.4 Å². The highest BCUT2D eigenvalue weighted by Gasteiger charge is 2.19. The topological polar surface area (TPSA) is 122 Å². The first kappa shape index (κ1) is 22.1. The average molecular weight is 383 g/mol. The molecule has 0 aliphatic heterocycles. The highest BCUT2D eigenvalue weighted by molar-refractivity contribution is 7.78. The number of thiazole rings is 1. The largest absolute Gasteiger partial charge is 0.753 e. The number of nitrogens with two attached hydrogens (primary N) is 1. The van der Waals surface area contributed by atoms with E-state index in [1.165, 1.54) is 20.9 Å². The molecule has 4 N–H and O–H groups in total. The molecule has 2 heterocycles. The molecule has 0 aliphatic rings. The van der Waals surface area contributed by atoms with E-state index in [4.69, 9.17) is 21.7 Å². The van der Waals surface area contributed by atoms with Gasteiger partial charge in [0.25, 0.3) is 11.6 Å². The Hall–Kier alpha value is -1.93. The predicted octanol–water partition coefficient (Wildman–Crippen LogP) is 1.34. The van der Waals surface area contributed by atoms with E-state index in [0.717, 1.165) is 11.4 Å². The number of isothiocyanates is 2. The van der Waals surface area contributed by atoms with Gasteiger partial charge in [0.05, 0.1) is 4.88 Å². The standard InChI is InChI=1S/C12H17N4OS.2CNS/c1-8-11(3-4-17)18-7-16(8)6-10-5-14-9(2)15-12(10)13;2*2-1-3/h5,7,17H,3-4,6H2,1-2H3,(H2,13,14,15);;/q+1;2*-1/p+1. The van der Waals surface area contributed by atoms with Crippen molar-refractivity contribution in [2.75, 3.05) is 12.3 Å². The number of anilines is 1. The molecule has 0 atom stereocenters. The molecule has 0 aliphatic carbocycles. The molecular formula is C14H18N6OS3.